The summed E-state index contributed by atoms with van der Waals surface area (Å²) in [5.41, 5.74) is 2.18. The molecular weight excluding hydrogens is 414 g/mol. The Kier molecular flexibility index (Phi) is 4.04. The Morgan fingerprint density at radius 3 is 2.50 bits per heavy atom. The van der Waals surface area contributed by atoms with Gasteiger partial charge in [-0.2, -0.15) is 0 Å². The third kappa shape index (κ3) is 4.36. The second kappa shape index (κ2) is 8.85. The number of hydrogen-bond acceptors (Lipinski definition) is 5. The number of hydrogen-bond donors (Lipinski definition) is 0. The zero-order chi connectivity index (χ0) is 28.5. The molecule has 2 aliphatic heterocycles. The number of sulfonamides is 1. The minimum Gasteiger partial charge on any atom is -0.304 e. The van der Waals surface area contributed by atoms with E-state index in [2.05, 4.69) is 0 Å². The molecule has 0 amide bonds. The molecular formula is C23H29N3O2S2. The first kappa shape index (κ1) is 13.7. The average Bonchev–Trinajstić information content (AvgIpc) is 2.83. The molecule has 2 aliphatic rings. The van der Waals surface area contributed by atoms with E-state index < -0.39 is 36.0 Å². The highest BCUT2D eigenvalue weighted by atomic mass is 32.2. The zero-order valence-corrected chi connectivity index (χ0v) is 18.6. The van der Waals surface area contributed by atoms with Crippen molar-refractivity contribution in [1.82, 2.24) is 14.1 Å². The molecule has 0 spiro atoms. The van der Waals surface area contributed by atoms with Gasteiger partial charge in [-0.25, -0.2) is 12.7 Å². The SMILES string of the molecule is [2H]C1([2H])N(C)C([2H])([2H])C([2H])([2H])N(CC/C=C2/c3ccccc3Sc3ccc(S(=O)(=O)N(C)C)cc32)C1([2H])[2H]. The largest absolute Gasteiger partial charge is 0.304 e. The van der Waals surface area contributed by atoms with Gasteiger partial charge in [-0.3, -0.25) is 0 Å². The Morgan fingerprint density at radius 2 is 1.77 bits per heavy atom. The molecule has 1 saturated heterocycles. The Morgan fingerprint density at radius 1 is 1.07 bits per heavy atom. The van der Waals surface area contributed by atoms with E-state index in [1.807, 2.05) is 24.3 Å². The first-order valence-electron chi connectivity index (χ1n) is 13.4. The highest BCUT2D eigenvalue weighted by Crippen LogP contribution is 2.46. The normalized spacial score (nSPS) is 29.8. The molecule has 160 valence electrons. The first-order valence-corrected chi connectivity index (χ1v) is 11.7. The van der Waals surface area contributed by atoms with Crippen LogP contribution < -0.4 is 0 Å². The predicted octanol–water partition coefficient (Wildman–Crippen LogP) is 3.47. The van der Waals surface area contributed by atoms with Gasteiger partial charge >= 0.3 is 0 Å². The van der Waals surface area contributed by atoms with Gasteiger partial charge in [-0.15, -0.1) is 0 Å². The molecule has 2 aromatic rings. The van der Waals surface area contributed by atoms with E-state index in [1.54, 1.807) is 24.3 Å². The molecule has 7 heteroatoms. The van der Waals surface area contributed by atoms with Crippen molar-refractivity contribution in [3.63, 3.8) is 0 Å². The summed E-state index contributed by atoms with van der Waals surface area (Å²) in [6, 6.07) is 12.4. The minimum absolute atomic E-state index is 0.0489. The Labute approximate surface area is 195 Å². The van der Waals surface area contributed by atoms with E-state index in [0.717, 1.165) is 26.7 Å². The van der Waals surface area contributed by atoms with Gasteiger partial charge in [0.05, 0.1) is 4.90 Å². The van der Waals surface area contributed by atoms with Crippen molar-refractivity contribution in [2.45, 2.75) is 21.1 Å². The summed E-state index contributed by atoms with van der Waals surface area (Å²) in [5, 5.41) is 0. The maximum atomic E-state index is 12.8. The Hall–Kier alpha value is -1.64. The molecule has 0 aromatic heterocycles. The van der Waals surface area contributed by atoms with E-state index in [4.69, 9.17) is 11.0 Å². The van der Waals surface area contributed by atoms with Gasteiger partial charge in [0, 0.05) is 67.4 Å². The van der Waals surface area contributed by atoms with E-state index in [1.165, 1.54) is 25.9 Å². The molecule has 0 unspecified atom stereocenters. The molecule has 2 heterocycles. The highest BCUT2D eigenvalue weighted by molar-refractivity contribution is 7.99. The molecule has 0 saturated carbocycles. The summed E-state index contributed by atoms with van der Waals surface area (Å²) in [5.74, 6) is 0. The van der Waals surface area contributed by atoms with Crippen LogP contribution in [0.25, 0.3) is 5.57 Å². The van der Waals surface area contributed by atoms with Crippen LogP contribution >= 0.6 is 11.8 Å². The molecule has 0 bridgehead atoms. The average molecular weight is 452 g/mol. The van der Waals surface area contributed by atoms with Crippen LogP contribution in [0.3, 0.4) is 0 Å². The fourth-order valence-electron chi connectivity index (χ4n) is 3.22. The maximum Gasteiger partial charge on any atom is 0.242 e. The van der Waals surface area contributed by atoms with E-state index in [-0.39, 0.29) is 17.9 Å². The van der Waals surface area contributed by atoms with Crippen LogP contribution in [0.15, 0.2) is 63.2 Å². The second-order valence-corrected chi connectivity index (χ2v) is 10.3. The van der Waals surface area contributed by atoms with Gasteiger partial charge in [0.1, 0.15) is 0 Å². The lowest BCUT2D eigenvalue weighted by atomic mass is 9.96. The molecule has 2 aromatic carbocycles. The van der Waals surface area contributed by atoms with Gasteiger partial charge in [-0.05, 0) is 54.4 Å². The number of piperazine rings is 1. The van der Waals surface area contributed by atoms with E-state index in [9.17, 15) is 8.42 Å². The summed E-state index contributed by atoms with van der Waals surface area (Å²) in [6.45, 7) is -11.6. The van der Waals surface area contributed by atoms with Crippen LogP contribution in [0, 0.1) is 0 Å². The fraction of sp³-hybridized carbons (Fsp3) is 0.391. The summed E-state index contributed by atoms with van der Waals surface area (Å²) < 4.78 is 93.3. The second-order valence-electron chi connectivity index (χ2n) is 7.11. The minimum atomic E-state index is -3.71. The van der Waals surface area contributed by atoms with E-state index >= 15 is 0 Å². The van der Waals surface area contributed by atoms with Crippen LogP contribution in [0.1, 0.15) is 28.5 Å². The van der Waals surface area contributed by atoms with Crippen LogP contribution in [0.4, 0.5) is 0 Å². The lowest BCUT2D eigenvalue weighted by Crippen LogP contribution is -2.44. The number of likely N-dealkylation sites (N-methyl/N-ethyl adjacent to an activating group) is 1. The quantitative estimate of drug-likeness (QED) is 0.594. The highest BCUT2D eigenvalue weighted by Gasteiger charge is 2.25. The molecule has 4 rings (SSSR count). The molecule has 5 nitrogen and oxygen atoms in total. The smallest absolute Gasteiger partial charge is 0.242 e. The summed E-state index contributed by atoms with van der Waals surface area (Å²) in [6.07, 6.45) is 1.80. The lowest BCUT2D eigenvalue weighted by molar-refractivity contribution is 0.156. The number of benzene rings is 2. The number of nitrogens with zero attached hydrogens (tertiary/aromatic N) is 3. The molecule has 0 radical (unpaired) electrons. The molecule has 0 N–H and O–H groups in total. The van der Waals surface area contributed by atoms with Crippen LogP contribution in [0.5, 0.6) is 0 Å². The summed E-state index contributed by atoms with van der Waals surface area (Å²) in [4.78, 5) is 2.94. The maximum absolute atomic E-state index is 12.8. The molecule has 30 heavy (non-hydrogen) atoms. The molecule has 1 fully saturated rings. The van der Waals surface area contributed by atoms with E-state index in [0.29, 0.717) is 20.9 Å². The van der Waals surface area contributed by atoms with Crippen molar-refractivity contribution in [1.29, 1.82) is 0 Å². The molecule has 0 atom stereocenters. The van der Waals surface area contributed by atoms with Gasteiger partial charge < -0.3 is 9.80 Å². The topological polar surface area (TPSA) is 43.9 Å². The first-order chi connectivity index (χ1) is 17.4. The van der Waals surface area contributed by atoms with Crippen molar-refractivity contribution < 1.29 is 19.4 Å². The van der Waals surface area contributed by atoms with Crippen molar-refractivity contribution in [2.75, 3.05) is 53.7 Å². The third-order valence-electron chi connectivity index (χ3n) is 4.82. The fourth-order valence-corrected chi connectivity index (χ4v) is 5.23. The zero-order valence-electron chi connectivity index (χ0n) is 25.0. The Bertz CT molecular complexity index is 1370. The standard InChI is InChI=1S/C23H29N3O2S2/c1-24(2)30(27,28)18-10-11-23-21(17-18)19(20-7-4-5-9-22(20)29-23)8-6-12-26-15-13-25(3)14-16-26/h4-5,7-11,17H,6,12-16H2,1-3H3/b19-8-/i13D2,14D2,15D2,16D2. The van der Waals surface area contributed by atoms with Gasteiger partial charge in [-0.1, -0.05) is 36.0 Å². The van der Waals surface area contributed by atoms with Crippen molar-refractivity contribution >= 4 is 27.4 Å². The van der Waals surface area contributed by atoms with Crippen molar-refractivity contribution in [3.05, 3.63) is 59.7 Å². The van der Waals surface area contributed by atoms with Gasteiger partial charge in [0.25, 0.3) is 0 Å². The Balaban J connectivity index is 1.77. The van der Waals surface area contributed by atoms with Gasteiger partial charge in [0.2, 0.25) is 10.0 Å². The number of rotatable bonds is 5. The van der Waals surface area contributed by atoms with Crippen LogP contribution in [-0.4, -0.2) is 76.2 Å². The summed E-state index contributed by atoms with van der Waals surface area (Å²) >= 11 is 1.49. The van der Waals surface area contributed by atoms with Crippen molar-refractivity contribution in [2.24, 2.45) is 0 Å². The van der Waals surface area contributed by atoms with Crippen LogP contribution in [0.2, 0.25) is 0 Å². The monoisotopic (exact) mass is 451 g/mol. The van der Waals surface area contributed by atoms with Crippen molar-refractivity contribution in [3.8, 4) is 0 Å². The summed E-state index contributed by atoms with van der Waals surface area (Å²) in [7, 11) is 0.219. The predicted molar refractivity (Wildman–Crippen MR) is 124 cm³/mol. The lowest BCUT2D eigenvalue weighted by Gasteiger charge is -2.32. The number of fused-ring (bicyclic) bond motifs is 2. The van der Waals surface area contributed by atoms with Gasteiger partial charge in [0.15, 0.2) is 0 Å². The molecule has 0 aliphatic carbocycles. The van der Waals surface area contributed by atoms with Crippen LogP contribution in [-0.2, 0) is 10.0 Å². The third-order valence-corrected chi connectivity index (χ3v) is 7.79.